The summed E-state index contributed by atoms with van der Waals surface area (Å²) in [6.45, 7) is 0. The molecule has 33 heavy (non-hydrogen) atoms. The summed E-state index contributed by atoms with van der Waals surface area (Å²) >= 11 is 0. The molecule has 0 aliphatic carbocycles. The molecule has 0 radical (unpaired) electrons. The summed E-state index contributed by atoms with van der Waals surface area (Å²) in [7, 11) is 3.01. The van der Waals surface area contributed by atoms with Crippen LogP contribution in [0.15, 0.2) is 59.8 Å². The minimum absolute atomic E-state index is 0.0341. The molecule has 1 atom stereocenters. The van der Waals surface area contributed by atoms with Crippen molar-refractivity contribution in [3.8, 4) is 17.6 Å². The van der Waals surface area contributed by atoms with E-state index in [1.54, 1.807) is 42.6 Å². The van der Waals surface area contributed by atoms with Crippen LogP contribution in [0.1, 0.15) is 23.0 Å². The smallest absolute Gasteiger partial charge is 0.350 e. The van der Waals surface area contributed by atoms with Gasteiger partial charge in [0.25, 0.3) is 11.8 Å². The van der Waals surface area contributed by atoms with Crippen LogP contribution in [-0.4, -0.2) is 49.8 Å². The Labute approximate surface area is 188 Å². The van der Waals surface area contributed by atoms with Crippen LogP contribution < -0.4 is 26.2 Å². The first kappa shape index (κ1) is 21.5. The van der Waals surface area contributed by atoms with Crippen LogP contribution in [0.4, 0.5) is 5.69 Å². The summed E-state index contributed by atoms with van der Waals surface area (Å²) in [6.07, 6.45) is 4.64. The number of nitrogen functional groups attached to an aromatic ring is 1. The molecule has 0 spiro atoms. The molecule has 4 aromatic rings. The molecule has 12 heteroatoms. The average Bonchev–Trinajstić information content (AvgIpc) is 3.24. The Balaban J connectivity index is 1.78. The quantitative estimate of drug-likeness (QED) is 0.229. The standard InChI is InChI=1S/C21H21N9O3/c1-32-15-10-13(11-26-19(15)33-2)16(27-14-6-4-12(5-7-14)17(22)23)18-28-21(31)30(29-18)20-24-8-3-9-25-20/h3-11,16,27H,1-2H3,(H3,22,23)(H,28,29,31). The Morgan fingerprint density at radius 3 is 2.52 bits per heavy atom. The van der Waals surface area contributed by atoms with Crippen molar-refractivity contribution in [2.24, 2.45) is 5.73 Å². The molecule has 3 aromatic heterocycles. The van der Waals surface area contributed by atoms with Gasteiger partial charge in [-0.2, -0.15) is 0 Å². The number of amidine groups is 1. The zero-order valence-electron chi connectivity index (χ0n) is 17.8. The number of benzene rings is 1. The lowest BCUT2D eigenvalue weighted by Gasteiger charge is -2.19. The first-order valence-electron chi connectivity index (χ1n) is 9.75. The highest BCUT2D eigenvalue weighted by Gasteiger charge is 2.23. The average molecular weight is 447 g/mol. The number of nitrogens with one attached hydrogen (secondary N) is 3. The molecule has 0 fully saturated rings. The van der Waals surface area contributed by atoms with Gasteiger partial charge >= 0.3 is 5.69 Å². The predicted octanol–water partition coefficient (Wildman–Crippen LogP) is 1.25. The van der Waals surface area contributed by atoms with Gasteiger partial charge in [-0.15, -0.1) is 9.78 Å². The van der Waals surface area contributed by atoms with E-state index in [2.05, 4.69) is 30.4 Å². The van der Waals surface area contributed by atoms with E-state index in [0.717, 1.165) is 4.68 Å². The van der Waals surface area contributed by atoms with Gasteiger partial charge in [0.15, 0.2) is 11.6 Å². The molecule has 5 N–H and O–H groups in total. The zero-order valence-corrected chi connectivity index (χ0v) is 17.8. The molecule has 0 bridgehead atoms. The Bertz CT molecular complexity index is 1320. The first-order chi connectivity index (χ1) is 16.0. The highest BCUT2D eigenvalue weighted by Crippen LogP contribution is 2.31. The van der Waals surface area contributed by atoms with Crippen molar-refractivity contribution in [1.82, 2.24) is 29.7 Å². The number of rotatable bonds is 8. The highest BCUT2D eigenvalue weighted by molar-refractivity contribution is 5.95. The summed E-state index contributed by atoms with van der Waals surface area (Å²) in [4.78, 5) is 27.8. The van der Waals surface area contributed by atoms with Crippen molar-refractivity contribution < 1.29 is 9.47 Å². The van der Waals surface area contributed by atoms with Gasteiger partial charge in [-0.1, -0.05) is 0 Å². The van der Waals surface area contributed by atoms with E-state index in [1.807, 2.05) is 0 Å². The maximum Gasteiger partial charge on any atom is 0.350 e. The van der Waals surface area contributed by atoms with Gasteiger partial charge in [0, 0.05) is 35.4 Å². The van der Waals surface area contributed by atoms with Crippen LogP contribution in [0.3, 0.4) is 0 Å². The third-order valence-corrected chi connectivity index (χ3v) is 4.74. The minimum Gasteiger partial charge on any atom is -0.491 e. The van der Waals surface area contributed by atoms with Crippen LogP contribution in [-0.2, 0) is 0 Å². The Hall–Kier alpha value is -4.74. The molecular weight excluding hydrogens is 426 g/mol. The number of methoxy groups -OCH3 is 2. The van der Waals surface area contributed by atoms with Gasteiger partial charge in [0.05, 0.1) is 14.2 Å². The van der Waals surface area contributed by atoms with Crippen LogP contribution in [0.25, 0.3) is 5.95 Å². The number of hydrogen-bond acceptors (Lipinski definition) is 9. The lowest BCUT2D eigenvalue weighted by Crippen LogP contribution is -2.18. The fraction of sp³-hybridized carbons (Fsp3) is 0.143. The van der Waals surface area contributed by atoms with Gasteiger partial charge in [-0.3, -0.25) is 10.4 Å². The third-order valence-electron chi connectivity index (χ3n) is 4.74. The predicted molar refractivity (Wildman–Crippen MR) is 120 cm³/mol. The molecule has 0 amide bonds. The van der Waals surface area contributed by atoms with E-state index in [9.17, 15) is 4.79 Å². The number of nitrogens with zero attached hydrogens (tertiary/aromatic N) is 5. The zero-order chi connectivity index (χ0) is 23.4. The number of aromatic nitrogens is 6. The molecule has 12 nitrogen and oxygen atoms in total. The first-order valence-corrected chi connectivity index (χ1v) is 9.75. The third kappa shape index (κ3) is 4.49. The number of ether oxygens (including phenoxy) is 2. The molecule has 0 aliphatic rings. The highest BCUT2D eigenvalue weighted by atomic mass is 16.5. The second-order valence-electron chi connectivity index (χ2n) is 6.82. The van der Waals surface area contributed by atoms with E-state index < -0.39 is 11.7 Å². The SMILES string of the molecule is COc1cc(C(Nc2ccc(C(=N)N)cc2)c2nn(-c3ncccn3)c(=O)[nH]2)cnc1OC. The van der Waals surface area contributed by atoms with Crippen molar-refractivity contribution in [3.63, 3.8) is 0 Å². The second-order valence-corrected chi connectivity index (χ2v) is 6.82. The second kappa shape index (κ2) is 9.18. The molecule has 4 rings (SSSR count). The number of H-pyrrole nitrogens is 1. The van der Waals surface area contributed by atoms with Crippen molar-refractivity contribution in [3.05, 3.63) is 82.4 Å². The van der Waals surface area contributed by atoms with Crippen LogP contribution in [0.2, 0.25) is 0 Å². The van der Waals surface area contributed by atoms with E-state index in [0.29, 0.717) is 34.3 Å². The molecule has 1 unspecified atom stereocenters. The van der Waals surface area contributed by atoms with Gasteiger partial charge in [-0.05, 0) is 36.4 Å². The Kier molecular flexibility index (Phi) is 5.98. The largest absolute Gasteiger partial charge is 0.491 e. The van der Waals surface area contributed by atoms with Gasteiger partial charge in [0.2, 0.25) is 0 Å². The van der Waals surface area contributed by atoms with Gasteiger partial charge in [-0.25, -0.2) is 19.7 Å². The Morgan fingerprint density at radius 1 is 1.15 bits per heavy atom. The van der Waals surface area contributed by atoms with Crippen LogP contribution in [0, 0.1) is 5.41 Å². The van der Waals surface area contributed by atoms with Crippen LogP contribution in [0.5, 0.6) is 11.6 Å². The number of hydrogen-bond donors (Lipinski definition) is 4. The fourth-order valence-electron chi connectivity index (χ4n) is 3.13. The summed E-state index contributed by atoms with van der Waals surface area (Å²) in [5.74, 6) is 1.15. The number of aromatic amines is 1. The lowest BCUT2D eigenvalue weighted by atomic mass is 10.1. The van der Waals surface area contributed by atoms with E-state index in [1.165, 1.54) is 26.6 Å². The summed E-state index contributed by atoms with van der Waals surface area (Å²) in [5, 5.41) is 15.3. The van der Waals surface area contributed by atoms with Crippen molar-refractivity contribution in [2.75, 3.05) is 19.5 Å². The summed E-state index contributed by atoms with van der Waals surface area (Å²) < 4.78 is 11.7. The number of anilines is 1. The summed E-state index contributed by atoms with van der Waals surface area (Å²) in [6, 6.07) is 9.73. The topological polar surface area (TPSA) is 170 Å². The maximum absolute atomic E-state index is 12.6. The normalized spacial score (nSPS) is 11.6. The summed E-state index contributed by atoms with van der Waals surface area (Å²) in [5.41, 5.74) is 6.99. The van der Waals surface area contributed by atoms with Crippen molar-refractivity contribution in [2.45, 2.75) is 6.04 Å². The molecule has 0 saturated heterocycles. The monoisotopic (exact) mass is 447 g/mol. The minimum atomic E-state index is -0.627. The van der Waals surface area contributed by atoms with Gasteiger partial charge in [0.1, 0.15) is 11.9 Å². The number of nitrogens with two attached hydrogens (primary N) is 1. The molecule has 1 aromatic carbocycles. The van der Waals surface area contributed by atoms with E-state index in [4.69, 9.17) is 20.6 Å². The van der Waals surface area contributed by atoms with Crippen molar-refractivity contribution in [1.29, 1.82) is 5.41 Å². The molecule has 0 saturated carbocycles. The van der Waals surface area contributed by atoms with Gasteiger partial charge < -0.3 is 20.5 Å². The Morgan fingerprint density at radius 2 is 1.88 bits per heavy atom. The molecule has 3 heterocycles. The van der Waals surface area contributed by atoms with Crippen molar-refractivity contribution >= 4 is 11.5 Å². The fourth-order valence-corrected chi connectivity index (χ4v) is 3.13. The van der Waals surface area contributed by atoms with E-state index >= 15 is 0 Å². The lowest BCUT2D eigenvalue weighted by molar-refractivity contribution is 0.342. The van der Waals surface area contributed by atoms with E-state index in [-0.39, 0.29) is 11.8 Å². The molecule has 0 aliphatic heterocycles. The maximum atomic E-state index is 12.6. The molecule has 168 valence electrons. The van der Waals surface area contributed by atoms with Crippen LogP contribution >= 0.6 is 0 Å². The number of pyridine rings is 1. The molecular formula is C21H21N9O3.